The van der Waals surface area contributed by atoms with Crippen molar-refractivity contribution in [2.75, 3.05) is 39.0 Å². The summed E-state index contributed by atoms with van der Waals surface area (Å²) in [7, 11) is 3.99. The Morgan fingerprint density at radius 3 is 2.59 bits per heavy atom. The molecule has 0 unspecified atom stereocenters. The largest absolute Gasteiger partial charge is 0.416 e. The summed E-state index contributed by atoms with van der Waals surface area (Å²) >= 11 is 5.36. The van der Waals surface area contributed by atoms with Crippen LogP contribution in [0.25, 0.3) is 0 Å². The van der Waals surface area contributed by atoms with Gasteiger partial charge in [-0.2, -0.15) is 13.2 Å². The number of benzene rings is 2. The molecule has 2 aromatic carbocycles. The number of halogens is 3. The Hall–Kier alpha value is -2.36. The molecule has 0 saturated carbocycles. The van der Waals surface area contributed by atoms with Crippen molar-refractivity contribution in [1.82, 2.24) is 15.5 Å². The lowest BCUT2D eigenvalue weighted by Crippen LogP contribution is -2.45. The molecule has 1 saturated heterocycles. The predicted octanol–water partition coefficient (Wildman–Crippen LogP) is 4.73. The Kier molecular flexibility index (Phi) is 7.64. The van der Waals surface area contributed by atoms with E-state index in [4.69, 9.17) is 17.0 Å². The summed E-state index contributed by atoms with van der Waals surface area (Å²) < 4.78 is 46.9. The van der Waals surface area contributed by atoms with E-state index < -0.39 is 17.8 Å². The van der Waals surface area contributed by atoms with Crippen LogP contribution in [-0.4, -0.2) is 49.8 Å². The molecule has 2 aromatic rings. The maximum absolute atomic E-state index is 13.5. The summed E-state index contributed by atoms with van der Waals surface area (Å²) in [6.45, 7) is 2.10. The molecule has 2 aliphatic heterocycles. The zero-order valence-electron chi connectivity index (χ0n) is 19.4. The third kappa shape index (κ3) is 5.82. The van der Waals surface area contributed by atoms with Crippen LogP contribution < -0.4 is 16.0 Å². The van der Waals surface area contributed by atoms with Crippen LogP contribution in [0, 0.1) is 5.92 Å². The van der Waals surface area contributed by atoms with Gasteiger partial charge in [0.25, 0.3) is 0 Å². The molecule has 0 amide bonds. The molecular formula is C25H31F3N4OS. The predicted molar refractivity (Wildman–Crippen MR) is 132 cm³/mol. The summed E-state index contributed by atoms with van der Waals surface area (Å²) in [5.41, 5.74) is 1.72. The van der Waals surface area contributed by atoms with Crippen molar-refractivity contribution in [2.45, 2.75) is 37.3 Å². The highest BCUT2D eigenvalue weighted by Crippen LogP contribution is 2.51. The van der Waals surface area contributed by atoms with Crippen LogP contribution in [0.4, 0.5) is 18.9 Å². The standard InChI is InChI=1S/C25H31F3N4OS/c1-32(2)13-12-29-24(34)30-15-18-9-10-19-22(16-6-4-3-5-7-16)31-21-11-8-17(25(26,27)28)14-20(21)23(19)33-18/h3-8,11,14,18-19,22-23,31H,9-10,12-13,15H2,1-2H3,(H2,29,30,34)/t18-,19+,22+,23+/m1/s1. The fraction of sp³-hybridized carbons (Fsp3) is 0.480. The van der Waals surface area contributed by atoms with Crippen LogP contribution >= 0.6 is 12.2 Å². The lowest BCUT2D eigenvalue weighted by atomic mass is 9.76. The van der Waals surface area contributed by atoms with E-state index in [1.165, 1.54) is 12.1 Å². The van der Waals surface area contributed by atoms with Gasteiger partial charge in [0.15, 0.2) is 5.11 Å². The zero-order valence-corrected chi connectivity index (χ0v) is 20.2. The Bertz CT molecular complexity index is 986. The van der Waals surface area contributed by atoms with E-state index in [0.29, 0.717) is 22.9 Å². The monoisotopic (exact) mass is 492 g/mol. The first-order valence-corrected chi connectivity index (χ1v) is 12.0. The minimum absolute atomic E-state index is 0.0276. The molecule has 2 aliphatic rings. The highest BCUT2D eigenvalue weighted by Gasteiger charge is 2.43. The number of anilines is 1. The number of nitrogens with zero attached hydrogens (tertiary/aromatic N) is 1. The van der Waals surface area contributed by atoms with Crippen molar-refractivity contribution in [3.63, 3.8) is 0 Å². The molecule has 9 heteroatoms. The number of ether oxygens (including phenoxy) is 1. The number of nitrogens with one attached hydrogen (secondary N) is 3. The van der Waals surface area contributed by atoms with Crippen molar-refractivity contribution in [2.24, 2.45) is 5.92 Å². The molecule has 0 radical (unpaired) electrons. The highest BCUT2D eigenvalue weighted by molar-refractivity contribution is 7.80. The van der Waals surface area contributed by atoms with Crippen molar-refractivity contribution < 1.29 is 17.9 Å². The van der Waals surface area contributed by atoms with Crippen LogP contribution in [-0.2, 0) is 10.9 Å². The minimum Gasteiger partial charge on any atom is -0.378 e. The van der Waals surface area contributed by atoms with Crippen LogP contribution in [0.1, 0.15) is 41.7 Å². The average Bonchev–Trinajstić information content (AvgIpc) is 2.81. The summed E-state index contributed by atoms with van der Waals surface area (Å²) in [4.78, 5) is 2.06. The highest BCUT2D eigenvalue weighted by atomic mass is 32.1. The van der Waals surface area contributed by atoms with Crippen molar-refractivity contribution in [3.05, 3.63) is 65.2 Å². The maximum Gasteiger partial charge on any atom is 0.416 e. The molecule has 0 spiro atoms. The summed E-state index contributed by atoms with van der Waals surface area (Å²) in [5.74, 6) is 0.0276. The van der Waals surface area contributed by atoms with Gasteiger partial charge in [-0.15, -0.1) is 0 Å². The van der Waals surface area contributed by atoms with Crippen LogP contribution in [0.15, 0.2) is 48.5 Å². The summed E-state index contributed by atoms with van der Waals surface area (Å²) in [5, 5.41) is 10.4. The second-order valence-corrected chi connectivity index (χ2v) is 9.60. The third-order valence-corrected chi connectivity index (χ3v) is 6.76. The van der Waals surface area contributed by atoms with E-state index in [2.05, 4.69) is 33.0 Å². The Balaban J connectivity index is 1.52. The smallest absolute Gasteiger partial charge is 0.378 e. The van der Waals surface area contributed by atoms with Gasteiger partial charge in [-0.1, -0.05) is 30.3 Å². The maximum atomic E-state index is 13.5. The van der Waals surface area contributed by atoms with Gasteiger partial charge >= 0.3 is 6.18 Å². The van der Waals surface area contributed by atoms with Gasteiger partial charge in [0, 0.05) is 36.8 Å². The van der Waals surface area contributed by atoms with Gasteiger partial charge in [-0.25, -0.2) is 0 Å². The average molecular weight is 493 g/mol. The van der Waals surface area contributed by atoms with E-state index in [-0.39, 0.29) is 18.1 Å². The van der Waals surface area contributed by atoms with Gasteiger partial charge in [-0.3, -0.25) is 0 Å². The normalized spacial score (nSPS) is 24.1. The first-order valence-electron chi connectivity index (χ1n) is 11.6. The minimum atomic E-state index is -4.40. The number of hydrogen-bond donors (Lipinski definition) is 3. The van der Waals surface area contributed by atoms with Crippen molar-refractivity contribution >= 4 is 23.0 Å². The molecule has 5 nitrogen and oxygen atoms in total. The summed E-state index contributed by atoms with van der Waals surface area (Å²) in [6.07, 6.45) is -3.35. The Morgan fingerprint density at radius 2 is 1.88 bits per heavy atom. The molecule has 4 rings (SSSR count). The molecule has 1 fully saturated rings. The quantitative estimate of drug-likeness (QED) is 0.507. The third-order valence-electron chi connectivity index (χ3n) is 6.47. The Labute approximate surface area is 204 Å². The molecule has 3 N–H and O–H groups in total. The topological polar surface area (TPSA) is 48.6 Å². The van der Waals surface area contributed by atoms with E-state index in [1.807, 2.05) is 32.3 Å². The number of fused-ring (bicyclic) bond motifs is 3. The molecule has 184 valence electrons. The first kappa shape index (κ1) is 24.8. The van der Waals surface area contributed by atoms with Crippen LogP contribution in [0.2, 0.25) is 0 Å². The number of hydrogen-bond acceptors (Lipinski definition) is 4. The first-order chi connectivity index (χ1) is 16.2. The SMILES string of the molecule is CN(C)CCNC(=S)NC[C@H]1CC[C@@H]2[C@H](O1)c1cc(C(F)(F)F)ccc1N[C@H]2c1ccccc1. The van der Waals surface area contributed by atoms with E-state index in [0.717, 1.165) is 37.6 Å². The molecule has 0 aliphatic carbocycles. The fourth-order valence-corrected chi connectivity index (χ4v) is 4.92. The molecule has 0 aromatic heterocycles. The summed E-state index contributed by atoms with van der Waals surface area (Å²) in [6, 6.07) is 13.9. The van der Waals surface area contributed by atoms with E-state index >= 15 is 0 Å². The van der Waals surface area contributed by atoms with Gasteiger partial charge in [-0.05, 0) is 62.9 Å². The lowest BCUT2D eigenvalue weighted by molar-refractivity contribution is -0.138. The van der Waals surface area contributed by atoms with E-state index in [1.54, 1.807) is 0 Å². The van der Waals surface area contributed by atoms with E-state index in [9.17, 15) is 13.2 Å². The lowest BCUT2D eigenvalue weighted by Gasteiger charge is -2.46. The van der Waals surface area contributed by atoms with Gasteiger partial charge in [0.2, 0.25) is 0 Å². The number of rotatable bonds is 6. The number of alkyl halides is 3. The Morgan fingerprint density at radius 1 is 1.12 bits per heavy atom. The second-order valence-electron chi connectivity index (χ2n) is 9.19. The molecular weight excluding hydrogens is 461 g/mol. The molecule has 4 atom stereocenters. The second kappa shape index (κ2) is 10.5. The van der Waals surface area contributed by atoms with Gasteiger partial charge in [0.05, 0.1) is 23.8 Å². The number of likely N-dealkylation sites (N-methyl/N-ethyl adjacent to an activating group) is 1. The molecule has 2 heterocycles. The van der Waals surface area contributed by atoms with Crippen molar-refractivity contribution in [3.8, 4) is 0 Å². The molecule has 0 bridgehead atoms. The van der Waals surface area contributed by atoms with Crippen LogP contribution in [0.5, 0.6) is 0 Å². The van der Waals surface area contributed by atoms with Gasteiger partial charge in [0.1, 0.15) is 0 Å². The van der Waals surface area contributed by atoms with Crippen LogP contribution in [0.3, 0.4) is 0 Å². The van der Waals surface area contributed by atoms with Crippen molar-refractivity contribution in [1.29, 1.82) is 0 Å². The van der Waals surface area contributed by atoms with Gasteiger partial charge < -0.3 is 25.6 Å². The molecule has 34 heavy (non-hydrogen) atoms. The number of thiocarbonyl (C=S) groups is 1. The fourth-order valence-electron chi connectivity index (χ4n) is 4.74. The zero-order chi connectivity index (χ0) is 24.3.